The lowest BCUT2D eigenvalue weighted by Crippen LogP contribution is -2.50. The van der Waals surface area contributed by atoms with Crippen molar-refractivity contribution in [2.75, 3.05) is 26.2 Å². The van der Waals surface area contributed by atoms with Gasteiger partial charge < -0.3 is 4.90 Å². The van der Waals surface area contributed by atoms with E-state index in [0.717, 1.165) is 12.5 Å². The SMILES string of the molecule is CC[C@@H](c1ccc(F)cc1F)N1CCN(C(=O)Cn2cncn2)CC1. The molecule has 0 bridgehead atoms. The van der Waals surface area contributed by atoms with Gasteiger partial charge in [-0.05, 0) is 12.5 Å². The maximum absolute atomic E-state index is 14.1. The zero-order chi connectivity index (χ0) is 17.8. The number of amides is 1. The topological polar surface area (TPSA) is 54.3 Å². The maximum Gasteiger partial charge on any atom is 0.244 e. The molecular weight excluding hydrogens is 328 g/mol. The van der Waals surface area contributed by atoms with Gasteiger partial charge in [-0.2, -0.15) is 5.10 Å². The average Bonchev–Trinajstić information content (AvgIpc) is 3.11. The van der Waals surface area contributed by atoms with Gasteiger partial charge in [0.25, 0.3) is 0 Å². The first-order valence-electron chi connectivity index (χ1n) is 8.37. The second-order valence-electron chi connectivity index (χ2n) is 6.10. The number of benzene rings is 1. The average molecular weight is 349 g/mol. The Morgan fingerprint density at radius 2 is 2.00 bits per heavy atom. The van der Waals surface area contributed by atoms with Crippen LogP contribution in [-0.4, -0.2) is 56.7 Å². The lowest BCUT2D eigenvalue weighted by molar-refractivity contribution is -0.134. The van der Waals surface area contributed by atoms with Crippen LogP contribution in [0.2, 0.25) is 0 Å². The largest absolute Gasteiger partial charge is 0.339 e. The highest BCUT2D eigenvalue weighted by molar-refractivity contribution is 5.76. The summed E-state index contributed by atoms with van der Waals surface area (Å²) in [6.07, 6.45) is 3.63. The zero-order valence-electron chi connectivity index (χ0n) is 14.1. The quantitative estimate of drug-likeness (QED) is 0.827. The van der Waals surface area contributed by atoms with Gasteiger partial charge in [0.2, 0.25) is 5.91 Å². The summed E-state index contributed by atoms with van der Waals surface area (Å²) in [4.78, 5) is 20.0. The number of carbonyl (C=O) groups is 1. The van der Waals surface area contributed by atoms with E-state index in [0.29, 0.717) is 31.7 Å². The van der Waals surface area contributed by atoms with E-state index >= 15 is 0 Å². The number of hydrogen-bond donors (Lipinski definition) is 0. The van der Waals surface area contributed by atoms with Crippen molar-refractivity contribution in [3.63, 3.8) is 0 Å². The molecule has 1 aliphatic heterocycles. The van der Waals surface area contributed by atoms with Crippen molar-refractivity contribution >= 4 is 5.91 Å². The Morgan fingerprint density at radius 3 is 2.60 bits per heavy atom. The number of nitrogens with zero attached hydrogens (tertiary/aromatic N) is 5. The van der Waals surface area contributed by atoms with E-state index in [9.17, 15) is 13.6 Å². The van der Waals surface area contributed by atoms with Crippen LogP contribution in [0.25, 0.3) is 0 Å². The zero-order valence-corrected chi connectivity index (χ0v) is 14.1. The van der Waals surface area contributed by atoms with Crippen molar-refractivity contribution in [3.05, 3.63) is 48.1 Å². The minimum Gasteiger partial charge on any atom is -0.339 e. The van der Waals surface area contributed by atoms with E-state index < -0.39 is 11.6 Å². The number of halogens is 2. The molecular formula is C17H21F2N5O. The number of carbonyl (C=O) groups excluding carboxylic acids is 1. The highest BCUT2D eigenvalue weighted by Crippen LogP contribution is 2.28. The number of hydrogen-bond acceptors (Lipinski definition) is 4. The summed E-state index contributed by atoms with van der Waals surface area (Å²) in [6.45, 7) is 4.61. The van der Waals surface area contributed by atoms with Crippen LogP contribution in [0.4, 0.5) is 8.78 Å². The molecule has 0 radical (unpaired) electrons. The van der Waals surface area contributed by atoms with Gasteiger partial charge >= 0.3 is 0 Å². The molecule has 8 heteroatoms. The van der Waals surface area contributed by atoms with Gasteiger partial charge in [0.1, 0.15) is 30.8 Å². The molecule has 2 aromatic rings. The summed E-state index contributed by atoms with van der Waals surface area (Å²) in [6, 6.07) is 3.61. The third kappa shape index (κ3) is 4.01. The van der Waals surface area contributed by atoms with E-state index in [-0.39, 0.29) is 18.5 Å². The molecule has 1 aromatic heterocycles. The monoisotopic (exact) mass is 349 g/mol. The minimum absolute atomic E-state index is 0.00818. The van der Waals surface area contributed by atoms with E-state index in [1.165, 1.54) is 29.5 Å². The van der Waals surface area contributed by atoms with Crippen LogP contribution in [0.3, 0.4) is 0 Å². The third-order valence-corrected chi connectivity index (χ3v) is 4.58. The van der Waals surface area contributed by atoms with Crippen LogP contribution >= 0.6 is 0 Å². The fourth-order valence-corrected chi connectivity index (χ4v) is 3.28. The van der Waals surface area contributed by atoms with Gasteiger partial charge in [-0.25, -0.2) is 18.4 Å². The molecule has 1 saturated heterocycles. The smallest absolute Gasteiger partial charge is 0.244 e. The Morgan fingerprint density at radius 1 is 1.24 bits per heavy atom. The molecule has 0 spiro atoms. The summed E-state index contributed by atoms with van der Waals surface area (Å²) in [5, 5.41) is 3.94. The molecule has 1 aliphatic rings. The fourth-order valence-electron chi connectivity index (χ4n) is 3.28. The van der Waals surface area contributed by atoms with Crippen molar-refractivity contribution in [2.45, 2.75) is 25.9 Å². The number of piperazine rings is 1. The second-order valence-corrected chi connectivity index (χ2v) is 6.10. The summed E-state index contributed by atoms with van der Waals surface area (Å²) >= 11 is 0. The molecule has 6 nitrogen and oxygen atoms in total. The molecule has 0 N–H and O–H groups in total. The molecule has 0 aliphatic carbocycles. The minimum atomic E-state index is -0.570. The Kier molecular flexibility index (Phi) is 5.37. The van der Waals surface area contributed by atoms with Gasteiger partial charge in [-0.15, -0.1) is 0 Å². The summed E-state index contributed by atoms with van der Waals surface area (Å²) in [7, 11) is 0. The standard InChI is InChI=1S/C17H21F2N5O/c1-2-16(14-4-3-13(18)9-15(14)19)22-5-7-23(8-6-22)17(25)10-24-12-20-11-21-24/h3-4,9,11-12,16H,2,5-8,10H2,1H3/t16-/m0/s1. The van der Waals surface area contributed by atoms with Crippen LogP contribution in [-0.2, 0) is 11.3 Å². The van der Waals surface area contributed by atoms with E-state index in [2.05, 4.69) is 15.0 Å². The Bertz CT molecular complexity index is 714. The van der Waals surface area contributed by atoms with Crippen molar-refractivity contribution in [2.24, 2.45) is 0 Å². The van der Waals surface area contributed by atoms with Crippen molar-refractivity contribution in [1.82, 2.24) is 24.6 Å². The number of rotatable bonds is 5. The third-order valence-electron chi connectivity index (χ3n) is 4.58. The molecule has 1 amide bonds. The maximum atomic E-state index is 14.1. The molecule has 3 rings (SSSR count). The van der Waals surface area contributed by atoms with Crippen LogP contribution in [0.1, 0.15) is 24.9 Å². The first kappa shape index (κ1) is 17.5. The first-order chi connectivity index (χ1) is 12.1. The molecule has 134 valence electrons. The predicted molar refractivity (Wildman–Crippen MR) is 87.6 cm³/mol. The van der Waals surface area contributed by atoms with Gasteiger partial charge in [0.05, 0.1) is 0 Å². The molecule has 25 heavy (non-hydrogen) atoms. The van der Waals surface area contributed by atoms with Crippen LogP contribution in [0.15, 0.2) is 30.9 Å². The van der Waals surface area contributed by atoms with Crippen molar-refractivity contribution in [3.8, 4) is 0 Å². The van der Waals surface area contributed by atoms with Crippen LogP contribution in [0, 0.1) is 11.6 Å². The van der Waals surface area contributed by atoms with Crippen molar-refractivity contribution < 1.29 is 13.6 Å². The molecule has 1 fully saturated rings. The lowest BCUT2D eigenvalue weighted by Gasteiger charge is -2.39. The summed E-state index contributed by atoms with van der Waals surface area (Å²) in [5.41, 5.74) is 0.506. The predicted octanol–water partition coefficient (Wildman–Crippen LogP) is 1.85. The van der Waals surface area contributed by atoms with Crippen LogP contribution in [0.5, 0.6) is 0 Å². The molecule has 1 atom stereocenters. The van der Waals surface area contributed by atoms with Crippen molar-refractivity contribution in [1.29, 1.82) is 0 Å². The summed E-state index contributed by atoms with van der Waals surface area (Å²) in [5.74, 6) is -1.10. The lowest BCUT2D eigenvalue weighted by atomic mass is 10.0. The normalized spacial score (nSPS) is 16.8. The van der Waals surface area contributed by atoms with E-state index in [1.54, 1.807) is 4.90 Å². The van der Waals surface area contributed by atoms with E-state index in [4.69, 9.17) is 0 Å². The van der Waals surface area contributed by atoms with Gasteiger partial charge in [-0.1, -0.05) is 13.0 Å². The van der Waals surface area contributed by atoms with Gasteiger partial charge in [0, 0.05) is 43.9 Å². The Hall–Kier alpha value is -2.35. The van der Waals surface area contributed by atoms with Crippen LogP contribution < -0.4 is 0 Å². The highest BCUT2D eigenvalue weighted by Gasteiger charge is 2.27. The van der Waals surface area contributed by atoms with Gasteiger partial charge in [-0.3, -0.25) is 9.69 Å². The molecule has 0 saturated carbocycles. The molecule has 0 unspecified atom stereocenters. The molecule has 2 heterocycles. The first-order valence-corrected chi connectivity index (χ1v) is 8.37. The second kappa shape index (κ2) is 7.69. The Labute approximate surface area is 145 Å². The van der Waals surface area contributed by atoms with E-state index in [1.807, 2.05) is 6.92 Å². The summed E-state index contributed by atoms with van der Waals surface area (Å²) < 4.78 is 28.8. The Balaban J connectivity index is 1.61. The fraction of sp³-hybridized carbons (Fsp3) is 0.471. The number of aromatic nitrogens is 3. The highest BCUT2D eigenvalue weighted by atomic mass is 19.1. The molecule has 1 aromatic carbocycles. The van der Waals surface area contributed by atoms with Gasteiger partial charge in [0.15, 0.2) is 0 Å².